The van der Waals surface area contributed by atoms with Crippen molar-refractivity contribution in [1.29, 1.82) is 0 Å². The highest BCUT2D eigenvalue weighted by Crippen LogP contribution is 2.19. The zero-order chi connectivity index (χ0) is 16.1. The first-order valence-electron chi connectivity index (χ1n) is 6.73. The van der Waals surface area contributed by atoms with Gasteiger partial charge in [-0.05, 0) is 36.8 Å². The lowest BCUT2D eigenvalue weighted by molar-refractivity contribution is 0.138. The van der Waals surface area contributed by atoms with E-state index < -0.39 is 29.8 Å². The molecule has 0 saturated carbocycles. The van der Waals surface area contributed by atoms with E-state index >= 15 is 0 Å². The number of carbonyl (C=O) groups excluding carboxylic acids is 1. The number of urea groups is 1. The number of benzene rings is 2. The smallest absolute Gasteiger partial charge is 0.319 e. The van der Waals surface area contributed by atoms with Crippen LogP contribution in [-0.2, 0) is 0 Å². The van der Waals surface area contributed by atoms with Crippen molar-refractivity contribution in [2.24, 2.45) is 0 Å². The van der Waals surface area contributed by atoms with Crippen molar-refractivity contribution >= 4 is 11.7 Å². The molecule has 0 aliphatic carbocycles. The molecule has 0 bridgehead atoms. The Morgan fingerprint density at radius 3 is 2.41 bits per heavy atom. The van der Waals surface area contributed by atoms with Crippen molar-refractivity contribution < 1.29 is 18.7 Å². The lowest BCUT2D eigenvalue weighted by atomic mass is 10.0. The molecule has 0 saturated heterocycles. The maximum Gasteiger partial charge on any atom is 0.319 e. The van der Waals surface area contributed by atoms with Crippen molar-refractivity contribution in [3.8, 4) is 0 Å². The SMILES string of the molecule is CC(NC(=O)Nc1ccccc1)C(O)c1ccc(F)c(F)c1. The highest BCUT2D eigenvalue weighted by molar-refractivity contribution is 5.89. The standard InChI is InChI=1S/C16H16F2N2O2/c1-10(15(21)11-7-8-13(17)14(18)9-11)19-16(22)20-12-5-3-2-4-6-12/h2-10,15,21H,1H3,(H2,19,20,22). The molecule has 2 rings (SSSR count). The lowest BCUT2D eigenvalue weighted by Crippen LogP contribution is -2.39. The lowest BCUT2D eigenvalue weighted by Gasteiger charge is -2.21. The molecule has 2 aromatic carbocycles. The van der Waals surface area contributed by atoms with Crippen molar-refractivity contribution in [3.05, 3.63) is 65.7 Å². The molecule has 0 fully saturated rings. The van der Waals surface area contributed by atoms with Crippen molar-refractivity contribution in [1.82, 2.24) is 5.32 Å². The van der Waals surface area contributed by atoms with Crippen LogP contribution in [0.5, 0.6) is 0 Å². The number of amides is 2. The number of aliphatic hydroxyl groups excluding tert-OH is 1. The monoisotopic (exact) mass is 306 g/mol. The van der Waals surface area contributed by atoms with Crippen LogP contribution < -0.4 is 10.6 Å². The number of hydrogen-bond donors (Lipinski definition) is 3. The van der Waals surface area contributed by atoms with E-state index in [4.69, 9.17) is 0 Å². The quantitative estimate of drug-likeness (QED) is 0.812. The van der Waals surface area contributed by atoms with Gasteiger partial charge in [-0.25, -0.2) is 13.6 Å². The highest BCUT2D eigenvalue weighted by atomic mass is 19.2. The first kappa shape index (κ1) is 15.9. The van der Waals surface area contributed by atoms with Crippen molar-refractivity contribution in [2.75, 3.05) is 5.32 Å². The van der Waals surface area contributed by atoms with E-state index in [9.17, 15) is 18.7 Å². The number of nitrogens with one attached hydrogen (secondary N) is 2. The van der Waals surface area contributed by atoms with Crippen LogP contribution in [0, 0.1) is 11.6 Å². The number of anilines is 1. The van der Waals surface area contributed by atoms with E-state index in [0.717, 1.165) is 12.1 Å². The van der Waals surface area contributed by atoms with Crippen molar-refractivity contribution in [3.63, 3.8) is 0 Å². The Kier molecular flexibility index (Phi) is 5.06. The van der Waals surface area contributed by atoms with Crippen LogP contribution in [-0.4, -0.2) is 17.2 Å². The van der Waals surface area contributed by atoms with Crippen LogP contribution in [0.2, 0.25) is 0 Å². The fourth-order valence-corrected chi connectivity index (χ4v) is 1.96. The van der Waals surface area contributed by atoms with Gasteiger partial charge in [0.1, 0.15) is 0 Å². The fourth-order valence-electron chi connectivity index (χ4n) is 1.96. The summed E-state index contributed by atoms with van der Waals surface area (Å²) in [6.07, 6.45) is -1.16. The Hall–Kier alpha value is -2.47. The van der Waals surface area contributed by atoms with Gasteiger partial charge in [0.25, 0.3) is 0 Å². The molecular formula is C16H16F2N2O2. The summed E-state index contributed by atoms with van der Waals surface area (Å²) < 4.78 is 26.0. The molecule has 2 amide bonds. The van der Waals surface area contributed by atoms with Gasteiger partial charge in [0, 0.05) is 5.69 Å². The van der Waals surface area contributed by atoms with Gasteiger partial charge in [-0.2, -0.15) is 0 Å². The number of carbonyl (C=O) groups is 1. The summed E-state index contributed by atoms with van der Waals surface area (Å²) in [4.78, 5) is 11.8. The average Bonchev–Trinajstić information content (AvgIpc) is 2.50. The molecule has 0 heterocycles. The maximum absolute atomic E-state index is 13.2. The van der Waals surface area contributed by atoms with Gasteiger partial charge in [0.2, 0.25) is 0 Å². The second-order valence-electron chi connectivity index (χ2n) is 4.87. The molecule has 116 valence electrons. The molecule has 0 aromatic heterocycles. The maximum atomic E-state index is 13.2. The Morgan fingerprint density at radius 1 is 1.09 bits per heavy atom. The number of hydrogen-bond acceptors (Lipinski definition) is 2. The van der Waals surface area contributed by atoms with E-state index in [1.165, 1.54) is 6.07 Å². The molecular weight excluding hydrogens is 290 g/mol. The van der Waals surface area contributed by atoms with E-state index in [1.807, 2.05) is 6.07 Å². The summed E-state index contributed by atoms with van der Waals surface area (Å²) in [5.41, 5.74) is 0.793. The number of aliphatic hydroxyl groups is 1. The molecule has 2 aromatic rings. The largest absolute Gasteiger partial charge is 0.386 e. The molecule has 0 aliphatic rings. The first-order valence-corrected chi connectivity index (χ1v) is 6.73. The molecule has 2 atom stereocenters. The molecule has 2 unspecified atom stereocenters. The number of halogens is 2. The predicted octanol–water partition coefficient (Wildman–Crippen LogP) is 3.21. The third-order valence-electron chi connectivity index (χ3n) is 3.15. The summed E-state index contributed by atoms with van der Waals surface area (Å²) in [7, 11) is 0. The van der Waals surface area contributed by atoms with Gasteiger partial charge in [0.15, 0.2) is 11.6 Å². The molecule has 22 heavy (non-hydrogen) atoms. The van der Waals surface area contributed by atoms with Crippen LogP contribution in [0.1, 0.15) is 18.6 Å². The normalized spacial score (nSPS) is 13.3. The third-order valence-corrected chi connectivity index (χ3v) is 3.15. The van der Waals surface area contributed by atoms with Crippen LogP contribution >= 0.6 is 0 Å². The Morgan fingerprint density at radius 2 is 1.77 bits per heavy atom. The Balaban J connectivity index is 1.97. The topological polar surface area (TPSA) is 61.4 Å². The summed E-state index contributed by atoms with van der Waals surface area (Å²) >= 11 is 0. The fraction of sp³-hybridized carbons (Fsp3) is 0.188. The van der Waals surface area contributed by atoms with E-state index in [-0.39, 0.29) is 5.56 Å². The Bertz CT molecular complexity index is 650. The first-order chi connectivity index (χ1) is 10.5. The van der Waals surface area contributed by atoms with Gasteiger partial charge >= 0.3 is 6.03 Å². The minimum atomic E-state index is -1.16. The van der Waals surface area contributed by atoms with Gasteiger partial charge in [0.05, 0.1) is 12.1 Å². The number of para-hydroxylation sites is 1. The molecule has 0 spiro atoms. The van der Waals surface area contributed by atoms with Gasteiger partial charge < -0.3 is 15.7 Å². The van der Waals surface area contributed by atoms with E-state index in [1.54, 1.807) is 31.2 Å². The average molecular weight is 306 g/mol. The van der Waals surface area contributed by atoms with E-state index in [0.29, 0.717) is 5.69 Å². The molecule has 0 radical (unpaired) electrons. The zero-order valence-corrected chi connectivity index (χ0v) is 11.9. The molecule has 3 N–H and O–H groups in total. The highest BCUT2D eigenvalue weighted by Gasteiger charge is 2.19. The minimum absolute atomic E-state index is 0.186. The zero-order valence-electron chi connectivity index (χ0n) is 11.9. The van der Waals surface area contributed by atoms with Crippen molar-refractivity contribution in [2.45, 2.75) is 19.1 Å². The second kappa shape index (κ2) is 7.00. The van der Waals surface area contributed by atoms with Crippen LogP contribution in [0.4, 0.5) is 19.3 Å². The van der Waals surface area contributed by atoms with E-state index in [2.05, 4.69) is 10.6 Å². The minimum Gasteiger partial charge on any atom is -0.386 e. The molecule has 0 aliphatic heterocycles. The Labute approximate surface area is 126 Å². The second-order valence-corrected chi connectivity index (χ2v) is 4.87. The number of rotatable bonds is 4. The van der Waals surface area contributed by atoms with Gasteiger partial charge in [-0.3, -0.25) is 0 Å². The van der Waals surface area contributed by atoms with Crippen LogP contribution in [0.15, 0.2) is 48.5 Å². The summed E-state index contributed by atoms with van der Waals surface area (Å²) in [6.45, 7) is 1.57. The van der Waals surface area contributed by atoms with Gasteiger partial charge in [-0.1, -0.05) is 24.3 Å². The predicted molar refractivity (Wildman–Crippen MR) is 79.4 cm³/mol. The van der Waals surface area contributed by atoms with Gasteiger partial charge in [-0.15, -0.1) is 0 Å². The summed E-state index contributed by atoms with van der Waals surface area (Å²) in [5.74, 6) is -2.03. The van der Waals surface area contributed by atoms with Crippen LogP contribution in [0.3, 0.4) is 0 Å². The summed E-state index contributed by atoms with van der Waals surface area (Å²) in [5, 5.41) is 15.2. The molecule has 4 nitrogen and oxygen atoms in total. The summed E-state index contributed by atoms with van der Waals surface area (Å²) in [6, 6.07) is 10.7. The molecule has 6 heteroatoms. The van der Waals surface area contributed by atoms with Crippen LogP contribution in [0.25, 0.3) is 0 Å². The third kappa shape index (κ3) is 4.02.